The molecule has 78 valence electrons. The van der Waals surface area contributed by atoms with Crippen LogP contribution >= 0.6 is 0 Å². The van der Waals surface area contributed by atoms with Crippen molar-refractivity contribution >= 4 is 16.7 Å². The molecule has 0 radical (unpaired) electrons. The molecule has 0 aromatic carbocycles. The maximum atomic E-state index is 5.21. The van der Waals surface area contributed by atoms with Crippen molar-refractivity contribution in [2.24, 2.45) is 0 Å². The van der Waals surface area contributed by atoms with Crippen LogP contribution in [-0.2, 0) is 4.74 Å². The number of tetrazole rings is 1. The Kier molecular flexibility index (Phi) is 1.39. The van der Waals surface area contributed by atoms with Gasteiger partial charge in [-0.05, 0) is 34.7 Å². The Hall–Kier alpha value is -2.08. The number of fused-ring (bicyclic) bond motifs is 3. The maximum Gasteiger partial charge on any atom is 0.180 e. The van der Waals surface area contributed by atoms with E-state index in [1.807, 2.05) is 24.3 Å². The van der Waals surface area contributed by atoms with E-state index in [2.05, 4.69) is 20.5 Å². The molecule has 4 heterocycles. The average molecular weight is 213 g/mol. The molecule has 0 aliphatic carbocycles. The molecule has 4 rings (SSSR count). The van der Waals surface area contributed by atoms with Gasteiger partial charge in [0.05, 0.1) is 23.3 Å². The molecule has 0 spiro atoms. The van der Waals surface area contributed by atoms with E-state index in [4.69, 9.17) is 4.74 Å². The highest BCUT2D eigenvalue weighted by molar-refractivity contribution is 5.77. The molecule has 6 heteroatoms. The minimum Gasteiger partial charge on any atom is -0.366 e. The minimum atomic E-state index is 0.175. The third-order valence-corrected chi connectivity index (χ3v) is 2.70. The lowest BCUT2D eigenvalue weighted by atomic mass is 10.2. The van der Waals surface area contributed by atoms with Gasteiger partial charge in [0, 0.05) is 0 Å². The molecule has 0 saturated carbocycles. The summed E-state index contributed by atoms with van der Waals surface area (Å²) in [5.74, 6) is 0. The van der Waals surface area contributed by atoms with Crippen LogP contribution in [0.3, 0.4) is 0 Å². The summed E-state index contributed by atoms with van der Waals surface area (Å²) in [6, 6.07) is 7.71. The molecular weight excluding hydrogens is 206 g/mol. The van der Waals surface area contributed by atoms with E-state index in [0.29, 0.717) is 0 Å². The quantitative estimate of drug-likeness (QED) is 0.558. The van der Waals surface area contributed by atoms with Gasteiger partial charge in [-0.3, -0.25) is 0 Å². The van der Waals surface area contributed by atoms with Gasteiger partial charge in [0.25, 0.3) is 0 Å². The first-order valence-corrected chi connectivity index (χ1v) is 5.01. The Balaban J connectivity index is 2.07. The molecule has 1 fully saturated rings. The van der Waals surface area contributed by atoms with E-state index in [0.717, 1.165) is 29.0 Å². The van der Waals surface area contributed by atoms with Gasteiger partial charge in [0.1, 0.15) is 6.10 Å². The smallest absolute Gasteiger partial charge is 0.180 e. The summed E-state index contributed by atoms with van der Waals surface area (Å²) in [4.78, 5) is 4.53. The van der Waals surface area contributed by atoms with Crippen LogP contribution in [0.5, 0.6) is 0 Å². The van der Waals surface area contributed by atoms with Gasteiger partial charge in [-0.2, -0.15) is 4.52 Å². The summed E-state index contributed by atoms with van der Waals surface area (Å²) < 4.78 is 6.89. The molecule has 6 nitrogen and oxygen atoms in total. The van der Waals surface area contributed by atoms with E-state index in [-0.39, 0.29) is 6.10 Å². The molecule has 3 aromatic rings. The fourth-order valence-electron chi connectivity index (χ4n) is 1.81. The first-order valence-electron chi connectivity index (χ1n) is 5.01. The number of nitrogens with zero attached hydrogens (tertiary/aromatic N) is 5. The summed E-state index contributed by atoms with van der Waals surface area (Å²) in [7, 11) is 0. The summed E-state index contributed by atoms with van der Waals surface area (Å²) in [6.07, 6.45) is 0.175. The SMILES string of the molecule is c1cc2c(ccc3nnnn32)nc1C1CO1. The third kappa shape index (κ3) is 1.04. The van der Waals surface area contributed by atoms with Crippen molar-refractivity contribution in [1.82, 2.24) is 25.0 Å². The topological polar surface area (TPSA) is 68.5 Å². The van der Waals surface area contributed by atoms with Crippen LogP contribution < -0.4 is 0 Å². The van der Waals surface area contributed by atoms with Crippen molar-refractivity contribution < 1.29 is 4.74 Å². The molecule has 0 N–H and O–H groups in total. The van der Waals surface area contributed by atoms with Crippen molar-refractivity contribution in [3.8, 4) is 0 Å². The first kappa shape index (κ1) is 8.12. The van der Waals surface area contributed by atoms with Crippen LogP contribution in [0.2, 0.25) is 0 Å². The van der Waals surface area contributed by atoms with Gasteiger partial charge in [0.15, 0.2) is 5.65 Å². The van der Waals surface area contributed by atoms with Crippen molar-refractivity contribution in [2.45, 2.75) is 6.10 Å². The highest BCUT2D eigenvalue weighted by Crippen LogP contribution is 2.29. The van der Waals surface area contributed by atoms with Crippen molar-refractivity contribution in [2.75, 3.05) is 6.61 Å². The monoisotopic (exact) mass is 213 g/mol. The Labute approximate surface area is 89.9 Å². The zero-order valence-corrected chi connectivity index (χ0v) is 8.24. The van der Waals surface area contributed by atoms with E-state index in [1.54, 1.807) is 4.52 Å². The molecule has 3 aromatic heterocycles. The lowest BCUT2D eigenvalue weighted by molar-refractivity contribution is 0.412. The Morgan fingerprint density at radius 3 is 3.06 bits per heavy atom. The number of hydrogen-bond donors (Lipinski definition) is 0. The molecule has 16 heavy (non-hydrogen) atoms. The first-order chi connectivity index (χ1) is 7.92. The predicted octanol–water partition coefficient (Wildman–Crippen LogP) is 0.744. The van der Waals surface area contributed by atoms with Gasteiger partial charge in [-0.1, -0.05) is 0 Å². The standard InChI is InChI=1S/C10H7N5O/c1-3-8-6(11-7(1)9-5-16-9)2-4-10-12-13-14-15(8)10/h1-4,9H,5H2. The summed E-state index contributed by atoms with van der Waals surface area (Å²) in [6.45, 7) is 0.769. The molecule has 0 amide bonds. The number of ether oxygens (including phenoxy) is 1. The van der Waals surface area contributed by atoms with Crippen LogP contribution in [0.15, 0.2) is 24.3 Å². The van der Waals surface area contributed by atoms with Gasteiger partial charge in [-0.15, -0.1) is 5.10 Å². The summed E-state index contributed by atoms with van der Waals surface area (Å²) >= 11 is 0. The average Bonchev–Trinajstić information content (AvgIpc) is 3.06. The van der Waals surface area contributed by atoms with E-state index < -0.39 is 0 Å². The fraction of sp³-hybridized carbons (Fsp3) is 0.200. The van der Waals surface area contributed by atoms with Gasteiger partial charge >= 0.3 is 0 Å². The second-order valence-corrected chi connectivity index (χ2v) is 3.74. The number of hydrogen-bond acceptors (Lipinski definition) is 5. The molecule has 1 aliphatic heterocycles. The third-order valence-electron chi connectivity index (χ3n) is 2.70. The molecular formula is C10H7N5O. The normalized spacial score (nSPS) is 19.4. The zero-order valence-electron chi connectivity index (χ0n) is 8.24. The molecule has 1 atom stereocenters. The fourth-order valence-corrected chi connectivity index (χ4v) is 1.81. The number of aromatic nitrogens is 5. The Bertz CT molecular complexity index is 688. The van der Waals surface area contributed by atoms with Crippen molar-refractivity contribution in [1.29, 1.82) is 0 Å². The number of epoxide rings is 1. The molecule has 0 bridgehead atoms. The minimum absolute atomic E-state index is 0.175. The number of pyridine rings is 2. The second-order valence-electron chi connectivity index (χ2n) is 3.74. The van der Waals surface area contributed by atoms with Crippen LogP contribution in [0.4, 0.5) is 0 Å². The highest BCUT2D eigenvalue weighted by Gasteiger charge is 2.26. The van der Waals surface area contributed by atoms with Gasteiger partial charge in [0.2, 0.25) is 0 Å². The molecule has 1 aliphatic rings. The van der Waals surface area contributed by atoms with Crippen LogP contribution in [0.1, 0.15) is 11.8 Å². The molecule has 1 unspecified atom stereocenters. The lowest BCUT2D eigenvalue weighted by Gasteiger charge is -2.00. The summed E-state index contributed by atoms with van der Waals surface area (Å²) in [5, 5.41) is 11.4. The van der Waals surface area contributed by atoms with Crippen LogP contribution in [0, 0.1) is 0 Å². The van der Waals surface area contributed by atoms with Crippen LogP contribution in [0.25, 0.3) is 16.7 Å². The van der Waals surface area contributed by atoms with Crippen molar-refractivity contribution in [3.05, 3.63) is 30.0 Å². The van der Waals surface area contributed by atoms with E-state index in [1.165, 1.54) is 0 Å². The van der Waals surface area contributed by atoms with Crippen LogP contribution in [-0.4, -0.2) is 31.6 Å². The van der Waals surface area contributed by atoms with Gasteiger partial charge in [-0.25, -0.2) is 4.98 Å². The summed E-state index contributed by atoms with van der Waals surface area (Å²) in [5.41, 5.74) is 3.49. The highest BCUT2D eigenvalue weighted by atomic mass is 16.6. The second kappa shape index (κ2) is 2.73. The number of rotatable bonds is 1. The Morgan fingerprint density at radius 1 is 1.25 bits per heavy atom. The zero-order chi connectivity index (χ0) is 10.5. The van der Waals surface area contributed by atoms with E-state index >= 15 is 0 Å². The largest absolute Gasteiger partial charge is 0.366 e. The molecule has 1 saturated heterocycles. The van der Waals surface area contributed by atoms with Gasteiger partial charge < -0.3 is 4.74 Å². The van der Waals surface area contributed by atoms with Crippen molar-refractivity contribution in [3.63, 3.8) is 0 Å². The maximum absolute atomic E-state index is 5.21. The Morgan fingerprint density at radius 2 is 2.19 bits per heavy atom. The predicted molar refractivity (Wildman–Crippen MR) is 54.8 cm³/mol. The van der Waals surface area contributed by atoms with E-state index in [9.17, 15) is 0 Å². The lowest BCUT2D eigenvalue weighted by Crippen LogP contribution is -1.95.